The van der Waals surface area contributed by atoms with Crippen molar-refractivity contribution in [2.24, 2.45) is 0 Å². The van der Waals surface area contributed by atoms with E-state index < -0.39 is 0 Å². The van der Waals surface area contributed by atoms with E-state index in [0.717, 1.165) is 11.0 Å². The van der Waals surface area contributed by atoms with Gasteiger partial charge >= 0.3 is 0 Å². The lowest BCUT2D eigenvalue weighted by molar-refractivity contribution is 0.447. The number of phenolic OH excluding ortho intramolecular Hbond substituents is 2. The van der Waals surface area contributed by atoms with Gasteiger partial charge < -0.3 is 10.2 Å². The lowest BCUT2D eigenvalue weighted by Gasteiger charge is -2.01. The molecule has 5 nitrogen and oxygen atoms in total. The average molecular weight is 389 g/mol. The molecule has 114 valence electrons. The van der Waals surface area contributed by atoms with Crippen molar-refractivity contribution in [3.8, 4) is 11.5 Å². The molecular formula is C16H9BrN2O3S. The van der Waals surface area contributed by atoms with Gasteiger partial charge in [-0.15, -0.1) is 0 Å². The van der Waals surface area contributed by atoms with Crippen LogP contribution in [0, 0.1) is 0 Å². The molecule has 0 amide bonds. The van der Waals surface area contributed by atoms with E-state index in [9.17, 15) is 15.0 Å². The highest BCUT2D eigenvalue weighted by molar-refractivity contribution is 9.10. The molecule has 4 aromatic rings. The third-order valence-corrected chi connectivity index (χ3v) is 5.13. The van der Waals surface area contributed by atoms with Crippen molar-refractivity contribution in [1.82, 2.24) is 9.38 Å². The molecule has 0 fully saturated rings. The minimum absolute atomic E-state index is 0.0611. The van der Waals surface area contributed by atoms with Gasteiger partial charge in [0.2, 0.25) is 0 Å². The highest BCUT2D eigenvalue weighted by atomic mass is 79.9. The Morgan fingerprint density at radius 3 is 2.78 bits per heavy atom. The normalized spacial score (nSPS) is 12.5. The first-order chi connectivity index (χ1) is 11.0. The SMILES string of the molecule is O=c1c(=Cc2cc(Br)c(O)cc2O)sc2nc3ccccc3n12. The highest BCUT2D eigenvalue weighted by Crippen LogP contribution is 2.31. The molecule has 0 aliphatic rings. The number of rotatable bonds is 1. The molecule has 0 saturated heterocycles. The molecule has 2 aromatic heterocycles. The molecule has 2 aromatic carbocycles. The molecule has 7 heteroatoms. The quantitative estimate of drug-likeness (QED) is 0.525. The van der Waals surface area contributed by atoms with E-state index in [2.05, 4.69) is 20.9 Å². The third-order valence-electron chi connectivity index (χ3n) is 3.53. The Labute approximate surface area is 141 Å². The number of hydrogen-bond donors (Lipinski definition) is 2. The van der Waals surface area contributed by atoms with Crippen molar-refractivity contribution in [3.63, 3.8) is 0 Å². The summed E-state index contributed by atoms with van der Waals surface area (Å²) in [5.41, 5.74) is 1.81. The Morgan fingerprint density at radius 2 is 1.96 bits per heavy atom. The molecule has 23 heavy (non-hydrogen) atoms. The van der Waals surface area contributed by atoms with Crippen LogP contribution in [-0.2, 0) is 0 Å². The smallest absolute Gasteiger partial charge is 0.274 e. The Hall–Kier alpha value is -2.38. The summed E-state index contributed by atoms with van der Waals surface area (Å²) in [6, 6.07) is 10.2. The summed E-state index contributed by atoms with van der Waals surface area (Å²) >= 11 is 4.46. The zero-order chi connectivity index (χ0) is 16.1. The van der Waals surface area contributed by atoms with E-state index in [1.54, 1.807) is 16.5 Å². The number of benzene rings is 2. The van der Waals surface area contributed by atoms with E-state index in [4.69, 9.17) is 0 Å². The first-order valence-electron chi connectivity index (χ1n) is 6.68. The number of aromatic hydroxyl groups is 2. The molecule has 0 spiro atoms. The fourth-order valence-corrected chi connectivity index (χ4v) is 3.77. The predicted molar refractivity (Wildman–Crippen MR) is 93.1 cm³/mol. The number of halogens is 1. The number of imidazole rings is 1. The van der Waals surface area contributed by atoms with Crippen LogP contribution >= 0.6 is 27.3 Å². The van der Waals surface area contributed by atoms with Gasteiger partial charge in [-0.2, -0.15) is 0 Å². The highest BCUT2D eigenvalue weighted by Gasteiger charge is 2.11. The van der Waals surface area contributed by atoms with Crippen LogP contribution in [0.25, 0.3) is 22.1 Å². The van der Waals surface area contributed by atoms with Gasteiger partial charge in [-0.1, -0.05) is 23.5 Å². The molecule has 0 aliphatic heterocycles. The maximum absolute atomic E-state index is 12.6. The van der Waals surface area contributed by atoms with Crippen LogP contribution in [0.1, 0.15) is 5.56 Å². The van der Waals surface area contributed by atoms with Gasteiger partial charge in [0.1, 0.15) is 11.5 Å². The van der Waals surface area contributed by atoms with Crippen molar-refractivity contribution < 1.29 is 10.2 Å². The van der Waals surface area contributed by atoms with Crippen molar-refractivity contribution in [2.75, 3.05) is 0 Å². The van der Waals surface area contributed by atoms with Crippen molar-refractivity contribution >= 4 is 49.3 Å². The van der Waals surface area contributed by atoms with E-state index in [0.29, 0.717) is 19.5 Å². The topological polar surface area (TPSA) is 74.8 Å². The molecule has 0 radical (unpaired) electrons. The van der Waals surface area contributed by atoms with Gasteiger partial charge in [-0.25, -0.2) is 9.38 Å². The van der Waals surface area contributed by atoms with Gasteiger partial charge in [-0.3, -0.25) is 4.79 Å². The fourth-order valence-electron chi connectivity index (χ4n) is 2.44. The number of para-hydroxylation sites is 2. The summed E-state index contributed by atoms with van der Waals surface area (Å²) in [5, 5.41) is 19.5. The standard InChI is InChI=1S/C16H9BrN2O3S/c17-9-5-8(12(20)7-13(9)21)6-14-15(22)19-11-4-2-1-3-10(11)18-16(19)23-14/h1-7,20-21H. The van der Waals surface area contributed by atoms with Crippen molar-refractivity contribution in [3.05, 3.63) is 61.3 Å². The number of phenols is 2. The number of aromatic nitrogens is 2. The molecule has 0 saturated carbocycles. The summed E-state index contributed by atoms with van der Waals surface area (Å²) in [4.78, 5) is 17.7. The van der Waals surface area contributed by atoms with Crippen LogP contribution in [0.4, 0.5) is 0 Å². The van der Waals surface area contributed by atoms with Crippen LogP contribution in [0.2, 0.25) is 0 Å². The lowest BCUT2D eigenvalue weighted by atomic mass is 10.2. The first kappa shape index (κ1) is 14.2. The Kier molecular flexibility index (Phi) is 3.14. The molecule has 0 aliphatic carbocycles. The van der Waals surface area contributed by atoms with E-state index in [-0.39, 0.29) is 17.1 Å². The van der Waals surface area contributed by atoms with Gasteiger partial charge in [0.15, 0.2) is 4.96 Å². The number of hydrogen-bond acceptors (Lipinski definition) is 5. The summed E-state index contributed by atoms with van der Waals surface area (Å²) in [6.07, 6.45) is 1.59. The van der Waals surface area contributed by atoms with E-state index in [1.165, 1.54) is 17.4 Å². The minimum Gasteiger partial charge on any atom is -0.507 e. The largest absolute Gasteiger partial charge is 0.507 e. The summed E-state index contributed by atoms with van der Waals surface area (Å²) < 4.78 is 2.48. The van der Waals surface area contributed by atoms with Gasteiger partial charge in [0, 0.05) is 11.6 Å². The summed E-state index contributed by atoms with van der Waals surface area (Å²) in [5.74, 6) is -0.157. The molecular weight excluding hydrogens is 380 g/mol. The molecule has 0 bridgehead atoms. The Balaban J connectivity index is 2.01. The molecule has 2 heterocycles. The molecule has 0 unspecified atom stereocenters. The first-order valence-corrected chi connectivity index (χ1v) is 8.29. The van der Waals surface area contributed by atoms with Crippen LogP contribution in [0.3, 0.4) is 0 Å². The number of nitrogens with zero attached hydrogens (tertiary/aromatic N) is 2. The Bertz CT molecular complexity index is 1180. The number of thiazole rings is 1. The average Bonchev–Trinajstić information content (AvgIpc) is 3.02. The second-order valence-electron chi connectivity index (χ2n) is 5.00. The van der Waals surface area contributed by atoms with Gasteiger partial charge in [0.25, 0.3) is 5.56 Å². The maximum atomic E-state index is 12.6. The van der Waals surface area contributed by atoms with Gasteiger partial charge in [-0.05, 0) is 40.2 Å². The van der Waals surface area contributed by atoms with Crippen molar-refractivity contribution in [1.29, 1.82) is 0 Å². The second kappa shape index (κ2) is 5.07. The molecule has 2 N–H and O–H groups in total. The predicted octanol–water partition coefficient (Wildman–Crippen LogP) is 2.63. The Morgan fingerprint density at radius 1 is 1.17 bits per heavy atom. The van der Waals surface area contributed by atoms with Crippen LogP contribution in [-0.4, -0.2) is 19.6 Å². The van der Waals surface area contributed by atoms with E-state index in [1.807, 2.05) is 24.3 Å². The monoisotopic (exact) mass is 388 g/mol. The fraction of sp³-hybridized carbons (Fsp3) is 0. The zero-order valence-electron chi connectivity index (χ0n) is 11.5. The maximum Gasteiger partial charge on any atom is 0.274 e. The minimum atomic E-state index is -0.178. The van der Waals surface area contributed by atoms with Gasteiger partial charge in [0.05, 0.1) is 20.0 Å². The summed E-state index contributed by atoms with van der Waals surface area (Å²) in [7, 11) is 0. The number of fused-ring (bicyclic) bond motifs is 3. The zero-order valence-corrected chi connectivity index (χ0v) is 13.9. The van der Waals surface area contributed by atoms with E-state index >= 15 is 0 Å². The molecule has 4 rings (SSSR count). The second-order valence-corrected chi connectivity index (χ2v) is 6.86. The third kappa shape index (κ3) is 2.20. The van der Waals surface area contributed by atoms with Crippen LogP contribution in [0.15, 0.2) is 45.7 Å². The van der Waals surface area contributed by atoms with Crippen LogP contribution < -0.4 is 10.1 Å². The van der Waals surface area contributed by atoms with Crippen molar-refractivity contribution in [2.45, 2.75) is 0 Å². The molecule has 0 atom stereocenters. The van der Waals surface area contributed by atoms with Crippen LogP contribution in [0.5, 0.6) is 11.5 Å². The summed E-state index contributed by atoms with van der Waals surface area (Å²) in [6.45, 7) is 0. The lowest BCUT2D eigenvalue weighted by Crippen LogP contribution is -2.22.